The van der Waals surface area contributed by atoms with Gasteiger partial charge in [0.25, 0.3) is 0 Å². The van der Waals surface area contributed by atoms with Crippen LogP contribution in [0.3, 0.4) is 0 Å². The Kier molecular flexibility index (Phi) is 5.59. The molecule has 1 saturated heterocycles. The quantitative estimate of drug-likeness (QED) is 0.862. The Morgan fingerprint density at radius 3 is 2.95 bits per heavy atom. The van der Waals surface area contributed by atoms with E-state index < -0.39 is 0 Å². The number of aromatic nitrogens is 2. The topological polar surface area (TPSA) is 50.3 Å². The minimum Gasteiger partial charge on any atom is -0.481 e. The first-order valence-electron chi connectivity index (χ1n) is 7.58. The first-order valence-corrected chi connectivity index (χ1v) is 7.58. The lowest BCUT2D eigenvalue weighted by molar-refractivity contribution is 0.372. The van der Waals surface area contributed by atoms with E-state index in [4.69, 9.17) is 4.74 Å². The first-order chi connectivity index (χ1) is 9.72. The van der Waals surface area contributed by atoms with Crippen LogP contribution in [0.4, 0.5) is 5.95 Å². The van der Waals surface area contributed by atoms with Crippen molar-refractivity contribution in [2.24, 2.45) is 5.92 Å². The molecule has 20 heavy (non-hydrogen) atoms. The number of rotatable bonds is 6. The van der Waals surface area contributed by atoms with Crippen LogP contribution in [0.2, 0.25) is 0 Å². The second kappa shape index (κ2) is 7.43. The zero-order valence-corrected chi connectivity index (χ0v) is 12.9. The van der Waals surface area contributed by atoms with Crippen LogP contribution in [0.25, 0.3) is 0 Å². The summed E-state index contributed by atoms with van der Waals surface area (Å²) in [4.78, 5) is 11.4. The van der Waals surface area contributed by atoms with E-state index in [1.165, 1.54) is 12.8 Å². The van der Waals surface area contributed by atoms with E-state index >= 15 is 0 Å². The molecule has 0 amide bonds. The highest BCUT2D eigenvalue weighted by molar-refractivity contribution is 5.34. The number of anilines is 1. The van der Waals surface area contributed by atoms with E-state index in [0.717, 1.165) is 44.2 Å². The standard InChI is InChI=1S/C15H26N4O/c1-4-8-19(11-13-6-5-7-16-10-13)15-17-12(2)9-14(18-15)20-3/h9,13,16H,4-8,10-11H2,1-3H3. The predicted molar refractivity (Wildman–Crippen MR) is 81.4 cm³/mol. The lowest BCUT2D eigenvalue weighted by Gasteiger charge is -2.30. The third kappa shape index (κ3) is 4.07. The minimum atomic E-state index is 0.648. The molecule has 5 heteroatoms. The number of hydrogen-bond donors (Lipinski definition) is 1. The molecule has 0 spiro atoms. The second-order valence-corrected chi connectivity index (χ2v) is 5.51. The van der Waals surface area contributed by atoms with Crippen LogP contribution < -0.4 is 15.0 Å². The minimum absolute atomic E-state index is 0.648. The van der Waals surface area contributed by atoms with Crippen LogP contribution in [0.5, 0.6) is 5.88 Å². The molecular formula is C15H26N4O. The fourth-order valence-corrected chi connectivity index (χ4v) is 2.70. The highest BCUT2D eigenvalue weighted by Crippen LogP contribution is 2.19. The van der Waals surface area contributed by atoms with E-state index in [1.807, 2.05) is 13.0 Å². The van der Waals surface area contributed by atoms with Crippen molar-refractivity contribution in [1.29, 1.82) is 0 Å². The third-order valence-electron chi connectivity index (χ3n) is 3.68. The average molecular weight is 278 g/mol. The van der Waals surface area contributed by atoms with Gasteiger partial charge >= 0.3 is 0 Å². The summed E-state index contributed by atoms with van der Waals surface area (Å²) in [6, 6.07) is 1.87. The summed E-state index contributed by atoms with van der Waals surface area (Å²) in [7, 11) is 1.65. The van der Waals surface area contributed by atoms with Crippen LogP contribution in [0.15, 0.2) is 6.07 Å². The fraction of sp³-hybridized carbons (Fsp3) is 0.733. The summed E-state index contributed by atoms with van der Waals surface area (Å²) < 4.78 is 5.26. The predicted octanol–water partition coefficient (Wildman–Crippen LogP) is 2.01. The van der Waals surface area contributed by atoms with Crippen molar-refractivity contribution in [3.63, 3.8) is 0 Å². The molecule has 1 aliphatic heterocycles. The van der Waals surface area contributed by atoms with Crippen molar-refractivity contribution >= 4 is 5.95 Å². The summed E-state index contributed by atoms with van der Waals surface area (Å²) >= 11 is 0. The third-order valence-corrected chi connectivity index (χ3v) is 3.68. The Morgan fingerprint density at radius 1 is 1.45 bits per heavy atom. The van der Waals surface area contributed by atoms with Gasteiger partial charge in [0.05, 0.1) is 7.11 Å². The number of hydrogen-bond acceptors (Lipinski definition) is 5. The number of nitrogens with zero attached hydrogens (tertiary/aromatic N) is 3. The molecule has 1 unspecified atom stereocenters. The Hall–Kier alpha value is -1.36. The smallest absolute Gasteiger partial charge is 0.228 e. The number of piperidine rings is 1. The lowest BCUT2D eigenvalue weighted by atomic mass is 9.99. The van der Waals surface area contributed by atoms with Crippen molar-refractivity contribution in [1.82, 2.24) is 15.3 Å². The van der Waals surface area contributed by atoms with Crippen LogP contribution in [-0.2, 0) is 0 Å². The summed E-state index contributed by atoms with van der Waals surface area (Å²) in [5, 5.41) is 3.48. The zero-order chi connectivity index (χ0) is 14.4. The normalized spacial score (nSPS) is 18.9. The van der Waals surface area contributed by atoms with Gasteiger partial charge in [0.15, 0.2) is 0 Å². The van der Waals surface area contributed by atoms with Crippen molar-refractivity contribution in [3.8, 4) is 5.88 Å². The van der Waals surface area contributed by atoms with Gasteiger partial charge in [-0.1, -0.05) is 6.92 Å². The Balaban J connectivity index is 2.12. The average Bonchev–Trinajstić information content (AvgIpc) is 2.47. The molecule has 2 heterocycles. The van der Waals surface area contributed by atoms with Gasteiger partial charge in [-0.05, 0) is 45.2 Å². The van der Waals surface area contributed by atoms with Crippen LogP contribution in [0, 0.1) is 12.8 Å². The van der Waals surface area contributed by atoms with Gasteiger partial charge in [0, 0.05) is 24.8 Å². The SMILES string of the molecule is CCCN(CC1CCCNC1)c1nc(C)cc(OC)n1. The molecule has 1 aromatic heterocycles. The van der Waals surface area contributed by atoms with E-state index in [1.54, 1.807) is 7.11 Å². The molecular weight excluding hydrogens is 252 g/mol. The molecule has 1 aromatic rings. The Morgan fingerprint density at radius 2 is 2.30 bits per heavy atom. The summed E-state index contributed by atoms with van der Waals surface area (Å²) in [6.07, 6.45) is 3.65. The summed E-state index contributed by atoms with van der Waals surface area (Å²) in [5.41, 5.74) is 0.953. The van der Waals surface area contributed by atoms with Gasteiger partial charge in [0.1, 0.15) is 0 Å². The van der Waals surface area contributed by atoms with Gasteiger partial charge in [-0.15, -0.1) is 0 Å². The van der Waals surface area contributed by atoms with Crippen molar-refractivity contribution in [2.75, 3.05) is 38.2 Å². The van der Waals surface area contributed by atoms with Gasteiger partial charge < -0.3 is 15.0 Å². The van der Waals surface area contributed by atoms with E-state index in [9.17, 15) is 0 Å². The highest BCUT2D eigenvalue weighted by atomic mass is 16.5. The largest absolute Gasteiger partial charge is 0.481 e. The van der Waals surface area contributed by atoms with Crippen LogP contribution in [-0.4, -0.2) is 43.3 Å². The molecule has 1 fully saturated rings. The fourth-order valence-electron chi connectivity index (χ4n) is 2.70. The Bertz CT molecular complexity index is 418. The molecule has 0 radical (unpaired) electrons. The number of aryl methyl sites for hydroxylation is 1. The zero-order valence-electron chi connectivity index (χ0n) is 12.9. The van der Waals surface area contributed by atoms with Crippen LogP contribution in [0.1, 0.15) is 31.9 Å². The van der Waals surface area contributed by atoms with Crippen molar-refractivity contribution < 1.29 is 4.74 Å². The van der Waals surface area contributed by atoms with Crippen LogP contribution >= 0.6 is 0 Å². The molecule has 1 N–H and O–H groups in total. The Labute approximate surface area is 121 Å². The maximum atomic E-state index is 5.26. The summed E-state index contributed by atoms with van der Waals surface area (Å²) in [5.74, 6) is 2.13. The molecule has 0 saturated carbocycles. The molecule has 1 atom stereocenters. The van der Waals surface area contributed by atoms with Gasteiger partial charge in [-0.2, -0.15) is 4.98 Å². The maximum Gasteiger partial charge on any atom is 0.228 e. The molecule has 0 aromatic carbocycles. The number of nitrogens with one attached hydrogen (secondary N) is 1. The molecule has 1 aliphatic rings. The van der Waals surface area contributed by atoms with E-state index in [0.29, 0.717) is 11.8 Å². The maximum absolute atomic E-state index is 5.26. The first kappa shape index (κ1) is 15.0. The number of methoxy groups -OCH3 is 1. The monoisotopic (exact) mass is 278 g/mol. The molecule has 0 bridgehead atoms. The van der Waals surface area contributed by atoms with E-state index in [-0.39, 0.29) is 0 Å². The molecule has 5 nitrogen and oxygen atoms in total. The number of ether oxygens (including phenoxy) is 1. The molecule has 0 aliphatic carbocycles. The molecule has 2 rings (SSSR count). The van der Waals surface area contributed by atoms with Gasteiger partial charge in [-0.25, -0.2) is 4.98 Å². The van der Waals surface area contributed by atoms with Gasteiger partial charge in [-0.3, -0.25) is 0 Å². The summed E-state index contributed by atoms with van der Waals surface area (Å²) in [6.45, 7) is 8.44. The van der Waals surface area contributed by atoms with Gasteiger partial charge in [0.2, 0.25) is 11.8 Å². The van der Waals surface area contributed by atoms with Crippen molar-refractivity contribution in [2.45, 2.75) is 33.1 Å². The van der Waals surface area contributed by atoms with E-state index in [2.05, 4.69) is 27.1 Å². The highest BCUT2D eigenvalue weighted by Gasteiger charge is 2.19. The second-order valence-electron chi connectivity index (χ2n) is 5.51. The van der Waals surface area contributed by atoms with Crippen molar-refractivity contribution in [3.05, 3.63) is 11.8 Å². The molecule has 112 valence electrons. The lowest BCUT2D eigenvalue weighted by Crippen LogP contribution is -2.39.